The maximum absolute atomic E-state index is 13.9. The summed E-state index contributed by atoms with van der Waals surface area (Å²) in [5.41, 5.74) is 5.21. The van der Waals surface area contributed by atoms with Gasteiger partial charge in [-0.05, 0) is 25.0 Å². The Morgan fingerprint density at radius 1 is 1.45 bits per heavy atom. The standard InChI is InChI=1S/C12H14ClFN2O3S/c13-9-4-1-5-10(11(9)14)20(18,19)16-6-2-3-8(7-16)12(15)17/h1,4-5,8H,2-3,6-7H2,(H2,15,17). The van der Waals surface area contributed by atoms with Crippen LogP contribution in [-0.4, -0.2) is 31.7 Å². The number of amides is 1. The minimum atomic E-state index is -4.02. The lowest BCUT2D eigenvalue weighted by atomic mass is 9.99. The Balaban J connectivity index is 2.35. The largest absolute Gasteiger partial charge is 0.369 e. The molecule has 1 amide bonds. The summed E-state index contributed by atoms with van der Waals surface area (Å²) < 4.78 is 39.8. The molecule has 1 aliphatic rings. The lowest BCUT2D eigenvalue weighted by Gasteiger charge is -2.30. The van der Waals surface area contributed by atoms with Gasteiger partial charge in [0.15, 0.2) is 5.82 Å². The van der Waals surface area contributed by atoms with E-state index in [-0.39, 0.29) is 18.1 Å². The predicted octanol–water partition coefficient (Wildman–Crippen LogP) is 1.37. The van der Waals surface area contributed by atoms with Gasteiger partial charge in [0.05, 0.1) is 10.9 Å². The molecule has 1 fully saturated rings. The zero-order valence-corrected chi connectivity index (χ0v) is 12.1. The molecule has 5 nitrogen and oxygen atoms in total. The van der Waals surface area contributed by atoms with Crippen molar-refractivity contribution in [2.75, 3.05) is 13.1 Å². The summed E-state index contributed by atoms with van der Waals surface area (Å²) in [7, 11) is -4.02. The first-order valence-electron chi connectivity index (χ1n) is 6.07. The van der Waals surface area contributed by atoms with Crippen LogP contribution in [0.15, 0.2) is 23.1 Å². The molecule has 1 aliphatic heterocycles. The van der Waals surface area contributed by atoms with E-state index in [1.54, 1.807) is 0 Å². The number of nitrogens with two attached hydrogens (primary N) is 1. The summed E-state index contributed by atoms with van der Waals surface area (Å²) in [6, 6.07) is 3.80. The average Bonchev–Trinajstić information content (AvgIpc) is 2.41. The topological polar surface area (TPSA) is 80.5 Å². The van der Waals surface area contributed by atoms with Crippen LogP contribution >= 0.6 is 11.6 Å². The molecule has 0 aromatic heterocycles. The van der Waals surface area contributed by atoms with Crippen LogP contribution in [0.1, 0.15) is 12.8 Å². The Labute approximate surface area is 121 Å². The van der Waals surface area contributed by atoms with Gasteiger partial charge in [-0.1, -0.05) is 17.7 Å². The van der Waals surface area contributed by atoms with Gasteiger partial charge in [-0.2, -0.15) is 4.31 Å². The Morgan fingerprint density at radius 2 is 2.15 bits per heavy atom. The highest BCUT2D eigenvalue weighted by Gasteiger charge is 2.34. The Hall–Kier alpha value is -1.18. The molecular weight excluding hydrogens is 307 g/mol. The summed E-state index contributed by atoms with van der Waals surface area (Å²) in [4.78, 5) is 10.7. The molecule has 1 saturated heterocycles. The number of carbonyl (C=O) groups is 1. The molecule has 0 saturated carbocycles. The highest BCUT2D eigenvalue weighted by Crippen LogP contribution is 2.28. The van der Waals surface area contributed by atoms with E-state index in [1.807, 2.05) is 0 Å². The van der Waals surface area contributed by atoms with Crippen LogP contribution in [0.2, 0.25) is 5.02 Å². The van der Waals surface area contributed by atoms with Gasteiger partial charge < -0.3 is 5.73 Å². The third-order valence-electron chi connectivity index (χ3n) is 3.32. The second kappa shape index (κ2) is 5.67. The smallest absolute Gasteiger partial charge is 0.246 e. The van der Waals surface area contributed by atoms with E-state index >= 15 is 0 Å². The summed E-state index contributed by atoms with van der Waals surface area (Å²) in [5, 5.41) is -0.255. The van der Waals surface area contributed by atoms with Crippen molar-refractivity contribution in [2.45, 2.75) is 17.7 Å². The number of benzene rings is 1. The molecule has 0 radical (unpaired) electrons. The quantitative estimate of drug-likeness (QED) is 0.913. The maximum Gasteiger partial charge on any atom is 0.246 e. The summed E-state index contributed by atoms with van der Waals surface area (Å²) in [5.74, 6) is -2.06. The van der Waals surface area contributed by atoms with Crippen LogP contribution in [-0.2, 0) is 14.8 Å². The number of sulfonamides is 1. The number of rotatable bonds is 3. The molecule has 1 unspecified atom stereocenters. The van der Waals surface area contributed by atoms with Crippen LogP contribution in [0.5, 0.6) is 0 Å². The molecule has 20 heavy (non-hydrogen) atoms. The van der Waals surface area contributed by atoms with Gasteiger partial charge >= 0.3 is 0 Å². The number of hydrogen-bond acceptors (Lipinski definition) is 3. The summed E-state index contributed by atoms with van der Waals surface area (Å²) >= 11 is 5.61. The van der Waals surface area contributed by atoms with Crippen LogP contribution in [0.4, 0.5) is 4.39 Å². The molecule has 1 aromatic rings. The predicted molar refractivity (Wildman–Crippen MR) is 72.1 cm³/mol. The minimum absolute atomic E-state index is 0.0242. The molecule has 2 rings (SSSR count). The highest BCUT2D eigenvalue weighted by molar-refractivity contribution is 7.89. The minimum Gasteiger partial charge on any atom is -0.369 e. The lowest BCUT2D eigenvalue weighted by Crippen LogP contribution is -2.44. The van der Waals surface area contributed by atoms with Gasteiger partial charge in [-0.3, -0.25) is 4.79 Å². The first kappa shape index (κ1) is 15.2. The fourth-order valence-electron chi connectivity index (χ4n) is 2.22. The number of hydrogen-bond donors (Lipinski definition) is 1. The fraction of sp³-hybridized carbons (Fsp3) is 0.417. The Bertz CT molecular complexity index is 636. The Morgan fingerprint density at radius 3 is 2.80 bits per heavy atom. The molecule has 110 valence electrons. The molecule has 0 spiro atoms. The molecule has 8 heteroatoms. The molecular formula is C12H14ClFN2O3S. The van der Waals surface area contributed by atoms with E-state index in [0.717, 1.165) is 10.4 Å². The van der Waals surface area contributed by atoms with Gasteiger partial charge in [0.1, 0.15) is 4.90 Å². The van der Waals surface area contributed by atoms with Crippen molar-refractivity contribution in [1.82, 2.24) is 4.31 Å². The van der Waals surface area contributed by atoms with Crippen molar-refractivity contribution in [1.29, 1.82) is 0 Å². The van der Waals surface area contributed by atoms with E-state index in [1.165, 1.54) is 12.1 Å². The number of halogens is 2. The third-order valence-corrected chi connectivity index (χ3v) is 5.49. The second-order valence-electron chi connectivity index (χ2n) is 4.66. The van der Waals surface area contributed by atoms with Crippen LogP contribution in [0, 0.1) is 11.7 Å². The number of carbonyl (C=O) groups excluding carboxylic acids is 1. The van der Waals surface area contributed by atoms with Crippen LogP contribution in [0.25, 0.3) is 0 Å². The highest BCUT2D eigenvalue weighted by atomic mass is 35.5. The molecule has 1 aromatic carbocycles. The van der Waals surface area contributed by atoms with Crippen molar-refractivity contribution in [2.24, 2.45) is 11.7 Å². The monoisotopic (exact) mass is 320 g/mol. The molecule has 0 bridgehead atoms. The van der Waals surface area contributed by atoms with E-state index in [2.05, 4.69) is 0 Å². The maximum atomic E-state index is 13.9. The van der Waals surface area contributed by atoms with Crippen molar-refractivity contribution >= 4 is 27.5 Å². The Kier molecular flexibility index (Phi) is 4.31. The van der Waals surface area contributed by atoms with Crippen LogP contribution in [0.3, 0.4) is 0 Å². The van der Waals surface area contributed by atoms with Gasteiger partial charge in [0.2, 0.25) is 15.9 Å². The van der Waals surface area contributed by atoms with E-state index < -0.39 is 32.6 Å². The van der Waals surface area contributed by atoms with E-state index in [0.29, 0.717) is 12.8 Å². The van der Waals surface area contributed by atoms with Crippen LogP contribution < -0.4 is 5.73 Å². The number of primary amides is 1. The molecule has 2 N–H and O–H groups in total. The zero-order valence-electron chi connectivity index (χ0n) is 10.6. The van der Waals surface area contributed by atoms with Gasteiger partial charge in [-0.25, -0.2) is 12.8 Å². The SMILES string of the molecule is NC(=O)C1CCCN(S(=O)(=O)c2cccc(Cl)c2F)C1. The van der Waals surface area contributed by atoms with Crippen molar-refractivity contribution in [3.05, 3.63) is 29.0 Å². The average molecular weight is 321 g/mol. The van der Waals surface area contributed by atoms with E-state index in [4.69, 9.17) is 17.3 Å². The van der Waals surface area contributed by atoms with Crippen molar-refractivity contribution in [3.8, 4) is 0 Å². The van der Waals surface area contributed by atoms with Gasteiger partial charge in [-0.15, -0.1) is 0 Å². The van der Waals surface area contributed by atoms with E-state index in [9.17, 15) is 17.6 Å². The van der Waals surface area contributed by atoms with Gasteiger partial charge in [0.25, 0.3) is 0 Å². The third kappa shape index (κ3) is 2.79. The number of piperidine rings is 1. The molecule has 1 atom stereocenters. The molecule has 0 aliphatic carbocycles. The normalized spacial score (nSPS) is 20.8. The fourth-order valence-corrected chi connectivity index (χ4v) is 4.06. The zero-order chi connectivity index (χ0) is 14.9. The summed E-state index contributed by atoms with van der Waals surface area (Å²) in [6.07, 6.45) is 1.05. The van der Waals surface area contributed by atoms with Crippen molar-refractivity contribution < 1.29 is 17.6 Å². The molecule has 1 heterocycles. The lowest BCUT2D eigenvalue weighted by molar-refractivity contribution is -0.122. The second-order valence-corrected chi connectivity index (χ2v) is 6.97. The van der Waals surface area contributed by atoms with Crippen molar-refractivity contribution in [3.63, 3.8) is 0 Å². The first-order chi connectivity index (χ1) is 9.34. The summed E-state index contributed by atoms with van der Waals surface area (Å²) in [6.45, 7) is 0.210. The number of nitrogens with zero attached hydrogens (tertiary/aromatic N) is 1. The van der Waals surface area contributed by atoms with Gasteiger partial charge in [0, 0.05) is 13.1 Å². The first-order valence-corrected chi connectivity index (χ1v) is 7.89.